The van der Waals surface area contributed by atoms with Gasteiger partial charge in [-0.15, -0.1) is 0 Å². The summed E-state index contributed by atoms with van der Waals surface area (Å²) < 4.78 is 0. The summed E-state index contributed by atoms with van der Waals surface area (Å²) >= 11 is 6.15. The summed E-state index contributed by atoms with van der Waals surface area (Å²) in [7, 11) is 0. The summed E-state index contributed by atoms with van der Waals surface area (Å²) in [5.41, 5.74) is 6.31. The Morgan fingerprint density at radius 2 is 1.79 bits per heavy atom. The standard InChI is InChI=1S/C14H23ClN4/c1-14(2,3)19-13-10(16)11(15)17-12(18-13)9-7-5-4-6-8-9/h9H,4-8,16H2,1-3H3,(H,17,18,19). The molecule has 1 aromatic heterocycles. The normalized spacial score (nSPS) is 17.5. The average molecular weight is 283 g/mol. The van der Waals surface area contributed by atoms with Crippen molar-refractivity contribution in [3.8, 4) is 0 Å². The van der Waals surface area contributed by atoms with Crippen molar-refractivity contribution in [1.29, 1.82) is 0 Å². The van der Waals surface area contributed by atoms with Gasteiger partial charge >= 0.3 is 0 Å². The number of nitrogens with one attached hydrogen (secondary N) is 1. The van der Waals surface area contributed by atoms with Crippen molar-refractivity contribution < 1.29 is 0 Å². The highest BCUT2D eigenvalue weighted by molar-refractivity contribution is 6.32. The van der Waals surface area contributed by atoms with Gasteiger partial charge in [-0.25, -0.2) is 9.97 Å². The molecule has 1 heterocycles. The van der Waals surface area contributed by atoms with Crippen molar-refractivity contribution in [3.63, 3.8) is 0 Å². The van der Waals surface area contributed by atoms with E-state index in [0.29, 0.717) is 22.6 Å². The van der Waals surface area contributed by atoms with Crippen LogP contribution in [0.15, 0.2) is 0 Å². The minimum atomic E-state index is -0.102. The Labute approximate surface area is 120 Å². The molecule has 3 N–H and O–H groups in total. The Morgan fingerprint density at radius 3 is 2.37 bits per heavy atom. The number of nitrogen functional groups attached to an aromatic ring is 1. The van der Waals surface area contributed by atoms with Crippen LogP contribution in [-0.2, 0) is 0 Å². The highest BCUT2D eigenvalue weighted by Gasteiger charge is 2.22. The molecule has 0 amide bonds. The number of anilines is 2. The maximum Gasteiger partial charge on any atom is 0.157 e. The van der Waals surface area contributed by atoms with Crippen LogP contribution in [0.3, 0.4) is 0 Å². The molecule has 1 saturated carbocycles. The molecule has 0 atom stereocenters. The fraction of sp³-hybridized carbons (Fsp3) is 0.714. The number of hydrogen-bond acceptors (Lipinski definition) is 4. The van der Waals surface area contributed by atoms with Crippen molar-refractivity contribution in [2.24, 2.45) is 0 Å². The van der Waals surface area contributed by atoms with E-state index in [0.717, 1.165) is 18.7 Å². The third-order valence-corrected chi connectivity index (χ3v) is 3.67. The van der Waals surface area contributed by atoms with Gasteiger partial charge in [-0.05, 0) is 33.6 Å². The topological polar surface area (TPSA) is 63.8 Å². The molecule has 4 nitrogen and oxygen atoms in total. The third-order valence-electron chi connectivity index (χ3n) is 3.38. The molecule has 0 aromatic carbocycles. The number of rotatable bonds is 2. The molecule has 19 heavy (non-hydrogen) atoms. The van der Waals surface area contributed by atoms with Crippen molar-refractivity contribution in [3.05, 3.63) is 11.0 Å². The first-order valence-electron chi connectivity index (χ1n) is 6.98. The molecule has 1 aliphatic carbocycles. The molecule has 0 aliphatic heterocycles. The molecule has 2 rings (SSSR count). The predicted octanol–water partition coefficient (Wildman–Crippen LogP) is 3.97. The molecule has 106 valence electrons. The van der Waals surface area contributed by atoms with Crippen LogP contribution in [0.2, 0.25) is 5.15 Å². The summed E-state index contributed by atoms with van der Waals surface area (Å²) in [5.74, 6) is 1.92. The van der Waals surface area contributed by atoms with Crippen molar-refractivity contribution >= 4 is 23.1 Å². The first-order chi connectivity index (χ1) is 8.87. The van der Waals surface area contributed by atoms with Gasteiger partial charge in [0.1, 0.15) is 11.5 Å². The van der Waals surface area contributed by atoms with Gasteiger partial charge < -0.3 is 11.1 Å². The lowest BCUT2D eigenvalue weighted by atomic mass is 9.89. The molecule has 0 spiro atoms. The minimum absolute atomic E-state index is 0.102. The van der Waals surface area contributed by atoms with Gasteiger partial charge in [-0.1, -0.05) is 30.9 Å². The van der Waals surface area contributed by atoms with E-state index in [4.69, 9.17) is 17.3 Å². The summed E-state index contributed by atoms with van der Waals surface area (Å²) in [6.07, 6.45) is 6.10. The second-order valence-electron chi connectivity index (χ2n) is 6.34. The quantitative estimate of drug-likeness (QED) is 0.806. The van der Waals surface area contributed by atoms with E-state index < -0.39 is 0 Å². The lowest BCUT2D eigenvalue weighted by molar-refractivity contribution is 0.428. The Balaban J connectivity index is 2.30. The van der Waals surface area contributed by atoms with E-state index in [2.05, 4.69) is 36.1 Å². The lowest BCUT2D eigenvalue weighted by Gasteiger charge is -2.25. The van der Waals surface area contributed by atoms with Crippen molar-refractivity contribution in [2.45, 2.75) is 64.3 Å². The smallest absolute Gasteiger partial charge is 0.157 e. The number of aromatic nitrogens is 2. The van der Waals surface area contributed by atoms with Crippen LogP contribution in [0, 0.1) is 0 Å². The SMILES string of the molecule is CC(C)(C)Nc1nc(C2CCCCC2)nc(Cl)c1N. The van der Waals surface area contributed by atoms with Gasteiger partial charge in [-0.3, -0.25) is 0 Å². The summed E-state index contributed by atoms with van der Waals surface area (Å²) in [4.78, 5) is 8.99. The molecular formula is C14H23ClN4. The maximum atomic E-state index is 6.15. The zero-order valence-corrected chi connectivity index (χ0v) is 12.7. The Kier molecular flexibility index (Phi) is 4.19. The van der Waals surface area contributed by atoms with Crippen LogP contribution in [-0.4, -0.2) is 15.5 Å². The van der Waals surface area contributed by atoms with Crippen LogP contribution in [0.25, 0.3) is 0 Å². The molecule has 0 radical (unpaired) electrons. The molecule has 0 saturated heterocycles. The molecule has 0 unspecified atom stereocenters. The molecule has 1 aromatic rings. The number of nitrogens with zero attached hydrogens (tertiary/aromatic N) is 2. The first kappa shape index (κ1) is 14.4. The van der Waals surface area contributed by atoms with E-state index >= 15 is 0 Å². The Hall–Kier alpha value is -1.03. The summed E-state index contributed by atoms with van der Waals surface area (Å²) in [6, 6.07) is 0. The van der Waals surface area contributed by atoms with E-state index in [9.17, 15) is 0 Å². The number of nitrogens with two attached hydrogens (primary N) is 1. The van der Waals surface area contributed by atoms with Gasteiger partial charge in [0.05, 0.1) is 0 Å². The van der Waals surface area contributed by atoms with E-state index in [1.54, 1.807) is 0 Å². The average Bonchev–Trinajstić information content (AvgIpc) is 2.34. The summed E-state index contributed by atoms with van der Waals surface area (Å²) in [6.45, 7) is 6.22. The highest BCUT2D eigenvalue weighted by atomic mass is 35.5. The second kappa shape index (κ2) is 5.53. The van der Waals surface area contributed by atoms with Crippen LogP contribution in [0.1, 0.15) is 64.6 Å². The van der Waals surface area contributed by atoms with Gasteiger partial charge in [0, 0.05) is 11.5 Å². The largest absolute Gasteiger partial charge is 0.393 e. The highest BCUT2D eigenvalue weighted by Crippen LogP contribution is 2.34. The third kappa shape index (κ3) is 3.72. The number of halogens is 1. The Bertz CT molecular complexity index is 447. The zero-order valence-electron chi connectivity index (χ0n) is 12.0. The lowest BCUT2D eigenvalue weighted by Crippen LogP contribution is -2.28. The van der Waals surface area contributed by atoms with E-state index in [1.807, 2.05) is 0 Å². The van der Waals surface area contributed by atoms with Gasteiger partial charge in [0.2, 0.25) is 0 Å². The molecule has 1 aliphatic rings. The van der Waals surface area contributed by atoms with Gasteiger partial charge in [0.15, 0.2) is 11.0 Å². The monoisotopic (exact) mass is 282 g/mol. The van der Waals surface area contributed by atoms with Crippen LogP contribution < -0.4 is 11.1 Å². The molecule has 1 fully saturated rings. The van der Waals surface area contributed by atoms with Crippen molar-refractivity contribution in [2.75, 3.05) is 11.1 Å². The van der Waals surface area contributed by atoms with Crippen LogP contribution in [0.4, 0.5) is 11.5 Å². The fourth-order valence-electron chi connectivity index (χ4n) is 2.45. The van der Waals surface area contributed by atoms with E-state index in [-0.39, 0.29) is 5.54 Å². The molecular weight excluding hydrogens is 260 g/mol. The maximum absolute atomic E-state index is 6.15. The predicted molar refractivity (Wildman–Crippen MR) is 80.7 cm³/mol. The molecule has 0 bridgehead atoms. The van der Waals surface area contributed by atoms with Gasteiger partial charge in [0.25, 0.3) is 0 Å². The van der Waals surface area contributed by atoms with Crippen LogP contribution >= 0.6 is 11.6 Å². The first-order valence-corrected chi connectivity index (χ1v) is 7.36. The summed E-state index contributed by atoms with van der Waals surface area (Å²) in [5, 5.41) is 3.67. The van der Waals surface area contributed by atoms with Crippen LogP contribution in [0.5, 0.6) is 0 Å². The van der Waals surface area contributed by atoms with Crippen molar-refractivity contribution in [1.82, 2.24) is 9.97 Å². The van der Waals surface area contributed by atoms with E-state index in [1.165, 1.54) is 19.3 Å². The second-order valence-corrected chi connectivity index (χ2v) is 6.70. The van der Waals surface area contributed by atoms with Gasteiger partial charge in [-0.2, -0.15) is 0 Å². The minimum Gasteiger partial charge on any atom is -0.393 e. The molecule has 5 heteroatoms. The Morgan fingerprint density at radius 1 is 1.16 bits per heavy atom. The zero-order chi connectivity index (χ0) is 14.0. The number of hydrogen-bond donors (Lipinski definition) is 2. The fourth-order valence-corrected chi connectivity index (χ4v) is 2.63.